The first kappa shape index (κ1) is 15.4. The molecule has 4 nitrogen and oxygen atoms in total. The van der Waals surface area contributed by atoms with E-state index < -0.39 is 0 Å². The van der Waals surface area contributed by atoms with E-state index in [1.54, 1.807) is 37.4 Å². The molecule has 2 rings (SSSR count). The number of aryl methyl sites for hydroxylation is 1. The molecule has 3 N–H and O–H groups in total. The predicted molar refractivity (Wildman–Crippen MR) is 87.5 cm³/mol. The lowest BCUT2D eigenvalue weighted by Crippen LogP contribution is -2.23. The number of carbonyl (C=O) groups is 1. The van der Waals surface area contributed by atoms with Gasteiger partial charge < -0.3 is 15.8 Å². The molecule has 0 heterocycles. The van der Waals surface area contributed by atoms with Crippen LogP contribution in [0.15, 0.2) is 40.9 Å². The molecule has 2 aromatic carbocycles. The van der Waals surface area contributed by atoms with Crippen LogP contribution in [0, 0.1) is 6.92 Å². The summed E-state index contributed by atoms with van der Waals surface area (Å²) in [7, 11) is 1.59. The highest BCUT2D eigenvalue weighted by Gasteiger charge is 2.09. The SMILES string of the molecule is COc1ccc(N)cc1CNC(=O)c1ccc(C)c(Br)c1. The average molecular weight is 349 g/mol. The van der Waals surface area contributed by atoms with Crippen LogP contribution in [0.2, 0.25) is 0 Å². The quantitative estimate of drug-likeness (QED) is 0.833. The van der Waals surface area contributed by atoms with E-state index in [-0.39, 0.29) is 5.91 Å². The maximum absolute atomic E-state index is 12.2. The number of amides is 1. The number of hydrogen-bond donors (Lipinski definition) is 2. The van der Waals surface area contributed by atoms with Gasteiger partial charge in [-0.1, -0.05) is 22.0 Å². The lowest BCUT2D eigenvalue weighted by Gasteiger charge is -2.11. The van der Waals surface area contributed by atoms with Gasteiger partial charge in [-0.05, 0) is 42.8 Å². The number of carbonyl (C=O) groups excluding carboxylic acids is 1. The zero-order valence-corrected chi connectivity index (χ0v) is 13.5. The van der Waals surface area contributed by atoms with Crippen LogP contribution >= 0.6 is 15.9 Å². The van der Waals surface area contributed by atoms with Gasteiger partial charge in [0.25, 0.3) is 5.91 Å². The summed E-state index contributed by atoms with van der Waals surface area (Å²) in [6.07, 6.45) is 0. The van der Waals surface area contributed by atoms with E-state index in [0.717, 1.165) is 15.6 Å². The van der Waals surface area contributed by atoms with E-state index >= 15 is 0 Å². The van der Waals surface area contributed by atoms with E-state index in [9.17, 15) is 4.79 Å². The monoisotopic (exact) mass is 348 g/mol. The molecule has 0 aliphatic carbocycles. The normalized spacial score (nSPS) is 10.2. The Balaban J connectivity index is 2.10. The number of anilines is 1. The Morgan fingerprint density at radius 1 is 1.29 bits per heavy atom. The predicted octanol–water partition coefficient (Wildman–Crippen LogP) is 3.28. The molecule has 0 fully saturated rings. The molecule has 0 spiro atoms. The maximum Gasteiger partial charge on any atom is 0.251 e. The third-order valence-electron chi connectivity index (χ3n) is 3.18. The maximum atomic E-state index is 12.2. The molecule has 1 amide bonds. The van der Waals surface area contributed by atoms with Crippen molar-refractivity contribution in [1.82, 2.24) is 5.32 Å². The van der Waals surface area contributed by atoms with Crippen molar-refractivity contribution < 1.29 is 9.53 Å². The van der Waals surface area contributed by atoms with Crippen molar-refractivity contribution in [2.75, 3.05) is 12.8 Å². The van der Waals surface area contributed by atoms with Gasteiger partial charge in [-0.3, -0.25) is 4.79 Å². The fourth-order valence-electron chi connectivity index (χ4n) is 1.95. The highest BCUT2D eigenvalue weighted by atomic mass is 79.9. The highest BCUT2D eigenvalue weighted by molar-refractivity contribution is 9.10. The molecule has 0 atom stereocenters. The number of nitrogens with two attached hydrogens (primary N) is 1. The largest absolute Gasteiger partial charge is 0.496 e. The fraction of sp³-hybridized carbons (Fsp3) is 0.188. The lowest BCUT2D eigenvalue weighted by molar-refractivity contribution is 0.0950. The number of ether oxygens (including phenoxy) is 1. The molecule has 0 saturated carbocycles. The van der Waals surface area contributed by atoms with Crippen molar-refractivity contribution in [3.8, 4) is 5.75 Å². The van der Waals surface area contributed by atoms with Crippen LogP contribution in [0.3, 0.4) is 0 Å². The summed E-state index contributed by atoms with van der Waals surface area (Å²) in [5, 5.41) is 2.87. The Labute approximate surface area is 132 Å². The number of nitrogens with one attached hydrogen (secondary N) is 1. The first-order chi connectivity index (χ1) is 10.0. The second-order valence-corrected chi connectivity index (χ2v) is 5.57. The third kappa shape index (κ3) is 3.76. The minimum atomic E-state index is -0.139. The van der Waals surface area contributed by atoms with Gasteiger partial charge in [0, 0.05) is 27.8 Å². The molecule has 0 aromatic heterocycles. The second kappa shape index (κ2) is 6.63. The van der Waals surface area contributed by atoms with Crippen molar-refractivity contribution in [2.24, 2.45) is 0 Å². The molecule has 0 aliphatic heterocycles. The number of hydrogen-bond acceptors (Lipinski definition) is 3. The number of rotatable bonds is 4. The van der Waals surface area contributed by atoms with Crippen molar-refractivity contribution in [2.45, 2.75) is 13.5 Å². The summed E-state index contributed by atoms with van der Waals surface area (Å²) in [5.41, 5.74) is 8.94. The molecule has 0 saturated heterocycles. The third-order valence-corrected chi connectivity index (χ3v) is 4.03. The van der Waals surface area contributed by atoms with Crippen LogP contribution in [0.4, 0.5) is 5.69 Å². The molecule has 5 heteroatoms. The molecular weight excluding hydrogens is 332 g/mol. The Hall–Kier alpha value is -2.01. The highest BCUT2D eigenvalue weighted by Crippen LogP contribution is 2.21. The van der Waals surface area contributed by atoms with Gasteiger partial charge in [0.2, 0.25) is 0 Å². The van der Waals surface area contributed by atoms with Crippen LogP contribution in [0.1, 0.15) is 21.5 Å². The van der Waals surface area contributed by atoms with Crippen LogP contribution in [0.25, 0.3) is 0 Å². The Bertz CT molecular complexity index is 671. The van der Waals surface area contributed by atoms with Crippen molar-refractivity contribution in [3.05, 3.63) is 57.6 Å². The zero-order chi connectivity index (χ0) is 15.4. The van der Waals surface area contributed by atoms with Crippen molar-refractivity contribution in [3.63, 3.8) is 0 Å². The van der Waals surface area contributed by atoms with E-state index in [0.29, 0.717) is 23.5 Å². The van der Waals surface area contributed by atoms with Crippen LogP contribution in [0.5, 0.6) is 5.75 Å². The van der Waals surface area contributed by atoms with Crippen molar-refractivity contribution >= 4 is 27.5 Å². The van der Waals surface area contributed by atoms with Gasteiger partial charge >= 0.3 is 0 Å². The Kier molecular flexibility index (Phi) is 4.85. The summed E-state index contributed by atoms with van der Waals surface area (Å²) in [4.78, 5) is 12.2. The standard InChI is InChI=1S/C16H17BrN2O2/c1-10-3-4-11(8-14(10)17)16(20)19-9-12-7-13(18)5-6-15(12)21-2/h3-8H,9,18H2,1-2H3,(H,19,20). The fourth-order valence-corrected chi connectivity index (χ4v) is 2.33. The van der Waals surface area contributed by atoms with Gasteiger partial charge in [0.15, 0.2) is 0 Å². The zero-order valence-electron chi connectivity index (χ0n) is 11.9. The topological polar surface area (TPSA) is 64.3 Å². The van der Waals surface area contributed by atoms with E-state index in [1.165, 1.54) is 0 Å². The molecule has 0 radical (unpaired) electrons. The second-order valence-electron chi connectivity index (χ2n) is 4.72. The average Bonchev–Trinajstić information content (AvgIpc) is 2.47. The van der Waals surface area contributed by atoms with Gasteiger partial charge in [-0.25, -0.2) is 0 Å². The molecule has 0 bridgehead atoms. The lowest BCUT2D eigenvalue weighted by atomic mass is 10.1. The first-order valence-electron chi connectivity index (χ1n) is 6.48. The smallest absolute Gasteiger partial charge is 0.251 e. The summed E-state index contributed by atoms with van der Waals surface area (Å²) in [5.74, 6) is 0.565. The summed E-state index contributed by atoms with van der Waals surface area (Å²) >= 11 is 3.43. The van der Waals surface area contributed by atoms with Gasteiger partial charge in [0.05, 0.1) is 7.11 Å². The van der Waals surface area contributed by atoms with Crippen LogP contribution in [-0.2, 0) is 6.54 Å². The number of nitrogen functional groups attached to an aromatic ring is 1. The number of halogens is 1. The minimum absolute atomic E-state index is 0.139. The van der Waals surface area contributed by atoms with E-state index in [4.69, 9.17) is 10.5 Å². The Morgan fingerprint density at radius 2 is 2.05 bits per heavy atom. The molecule has 0 unspecified atom stereocenters. The molecular formula is C16H17BrN2O2. The summed E-state index contributed by atoms with van der Waals surface area (Å²) in [6.45, 7) is 2.34. The number of methoxy groups -OCH3 is 1. The van der Waals surface area contributed by atoms with Gasteiger partial charge in [0.1, 0.15) is 5.75 Å². The Morgan fingerprint density at radius 3 is 2.71 bits per heavy atom. The molecule has 21 heavy (non-hydrogen) atoms. The first-order valence-corrected chi connectivity index (χ1v) is 7.27. The van der Waals surface area contributed by atoms with E-state index in [1.807, 2.05) is 13.0 Å². The minimum Gasteiger partial charge on any atom is -0.496 e. The summed E-state index contributed by atoms with van der Waals surface area (Å²) < 4.78 is 6.17. The van der Waals surface area contributed by atoms with E-state index in [2.05, 4.69) is 21.2 Å². The van der Waals surface area contributed by atoms with Gasteiger partial charge in [-0.15, -0.1) is 0 Å². The molecule has 0 aliphatic rings. The molecule has 110 valence electrons. The van der Waals surface area contributed by atoms with Crippen molar-refractivity contribution in [1.29, 1.82) is 0 Å². The van der Waals surface area contributed by atoms with Gasteiger partial charge in [-0.2, -0.15) is 0 Å². The number of benzene rings is 2. The molecule has 2 aromatic rings. The van der Waals surface area contributed by atoms with Crippen LogP contribution < -0.4 is 15.8 Å². The van der Waals surface area contributed by atoms with Crippen LogP contribution in [-0.4, -0.2) is 13.0 Å². The summed E-state index contributed by atoms with van der Waals surface area (Å²) in [6, 6.07) is 10.9.